The van der Waals surface area contributed by atoms with Gasteiger partial charge in [0.25, 0.3) is 0 Å². The maximum absolute atomic E-state index is 6.26. The minimum atomic E-state index is 0.605. The second kappa shape index (κ2) is 32.8. The van der Waals surface area contributed by atoms with Gasteiger partial charge in [0.05, 0.1) is 73.8 Å². The lowest BCUT2D eigenvalue weighted by Gasteiger charge is -2.14. The molecule has 7 aromatic carbocycles. The topological polar surface area (TPSA) is 130 Å². The van der Waals surface area contributed by atoms with Gasteiger partial charge in [-0.05, 0) is 223 Å². The van der Waals surface area contributed by atoms with Crippen molar-refractivity contribution < 1.29 is 28.4 Å². The molecule has 0 saturated heterocycles. The van der Waals surface area contributed by atoms with E-state index < -0.39 is 0 Å². The number of nitrogens with zero attached hydrogens (tertiary/aromatic N) is 6. The lowest BCUT2D eigenvalue weighted by atomic mass is 10.2. The van der Waals surface area contributed by atoms with Crippen molar-refractivity contribution in [1.82, 2.24) is 0 Å². The van der Waals surface area contributed by atoms with Gasteiger partial charge in [-0.1, -0.05) is 47.8 Å². The minimum Gasteiger partial charge on any atom is -0.494 e. The number of halogens is 3. The summed E-state index contributed by atoms with van der Waals surface area (Å²) in [5, 5.41) is 25.9. The molecule has 0 aromatic heterocycles. The standard InChI is InChI=1S/C60H63Br3N6O6/c61-46-13-19-49(20-14-46)64-67-52-25-31-55(32-26-52)70-37-7-1-4-10-40-73-58-43-59(74-41-11-5-2-8-38-71-56-33-27-53(28-34-56)68-65-50-21-15-47(62)16-22-50)45-60(44-58)75-42-12-6-3-9-39-72-57-35-29-54(30-36-57)69-66-51-23-17-48(63)18-24-51/h13-36,43-45H,1-12,37-42H2. The zero-order chi connectivity index (χ0) is 52.0. The van der Waals surface area contributed by atoms with Gasteiger partial charge in [-0.3, -0.25) is 0 Å². The largest absolute Gasteiger partial charge is 0.494 e. The zero-order valence-corrected chi connectivity index (χ0v) is 46.8. The van der Waals surface area contributed by atoms with E-state index in [1.807, 2.05) is 164 Å². The lowest BCUT2D eigenvalue weighted by molar-refractivity contribution is 0.269. The van der Waals surface area contributed by atoms with E-state index in [2.05, 4.69) is 78.5 Å². The van der Waals surface area contributed by atoms with Gasteiger partial charge in [0.2, 0.25) is 0 Å². The van der Waals surface area contributed by atoms with Crippen molar-refractivity contribution in [2.45, 2.75) is 77.0 Å². The molecule has 0 amide bonds. The molecule has 0 N–H and O–H groups in total. The number of hydrogen-bond acceptors (Lipinski definition) is 12. The van der Waals surface area contributed by atoms with E-state index in [-0.39, 0.29) is 0 Å². The SMILES string of the molecule is Brc1ccc(N=Nc2ccc(OCCCCCCOc3cc(OCCCCCCOc4ccc(N=Nc5ccc(Br)cc5)cc4)cc(OCCCCCCOc4ccc(N=Nc5ccc(Br)cc5)cc4)c3)cc2)cc1. The third kappa shape index (κ3) is 22.5. The molecule has 0 heterocycles. The van der Waals surface area contributed by atoms with Crippen LogP contribution < -0.4 is 28.4 Å². The van der Waals surface area contributed by atoms with E-state index in [1.54, 1.807) is 0 Å². The Hall–Kier alpha value is -6.42. The quantitative estimate of drug-likeness (QED) is 0.0298. The van der Waals surface area contributed by atoms with Gasteiger partial charge in [-0.2, -0.15) is 30.7 Å². The predicted octanol–water partition coefficient (Wildman–Crippen LogP) is 20.3. The number of hydrogen-bond donors (Lipinski definition) is 0. The Kier molecular flexibility index (Phi) is 24.6. The average molecular weight is 1200 g/mol. The summed E-state index contributed by atoms with van der Waals surface area (Å²) in [7, 11) is 0. The molecule has 12 nitrogen and oxygen atoms in total. The molecule has 7 aromatic rings. The maximum atomic E-state index is 6.26. The molecule has 0 atom stereocenters. The van der Waals surface area contributed by atoms with Gasteiger partial charge < -0.3 is 28.4 Å². The number of unbranched alkanes of at least 4 members (excludes halogenated alkanes) is 9. The Labute approximate surface area is 466 Å². The third-order valence-corrected chi connectivity index (χ3v) is 13.0. The molecule has 75 heavy (non-hydrogen) atoms. The Morgan fingerprint density at radius 2 is 0.387 bits per heavy atom. The van der Waals surface area contributed by atoms with Crippen LogP contribution in [-0.2, 0) is 0 Å². The highest BCUT2D eigenvalue weighted by atomic mass is 79.9. The molecular weight excluding hydrogens is 1140 g/mol. The van der Waals surface area contributed by atoms with Crippen LogP contribution in [0.4, 0.5) is 34.1 Å². The monoisotopic (exact) mass is 1200 g/mol. The second-order valence-electron chi connectivity index (χ2n) is 17.5. The average Bonchev–Trinajstić information content (AvgIpc) is 3.43. The molecule has 0 saturated carbocycles. The van der Waals surface area contributed by atoms with Crippen LogP contribution >= 0.6 is 47.8 Å². The maximum Gasteiger partial charge on any atom is 0.126 e. The lowest BCUT2D eigenvalue weighted by Crippen LogP contribution is -2.03. The number of azo groups is 3. The van der Waals surface area contributed by atoms with Crippen molar-refractivity contribution in [3.63, 3.8) is 0 Å². The van der Waals surface area contributed by atoms with Crippen LogP contribution in [0.25, 0.3) is 0 Å². The Bertz CT molecular complexity index is 2480. The normalized spacial score (nSPS) is 11.4. The molecule has 7 rings (SSSR count). The van der Waals surface area contributed by atoms with Crippen LogP contribution in [-0.4, -0.2) is 39.6 Å². The first-order valence-corrected chi connectivity index (χ1v) is 28.0. The number of ether oxygens (including phenoxy) is 6. The number of rotatable bonds is 33. The van der Waals surface area contributed by atoms with E-state index in [0.29, 0.717) is 39.6 Å². The molecule has 0 aliphatic carbocycles. The summed E-state index contributed by atoms with van der Waals surface area (Å²) in [5.41, 5.74) is 4.73. The first kappa shape index (κ1) is 56.3. The van der Waals surface area contributed by atoms with Gasteiger partial charge >= 0.3 is 0 Å². The van der Waals surface area contributed by atoms with Gasteiger partial charge in [0.1, 0.15) is 34.5 Å². The van der Waals surface area contributed by atoms with Crippen LogP contribution in [0.1, 0.15) is 77.0 Å². The summed E-state index contributed by atoms with van der Waals surface area (Å²) in [6.45, 7) is 3.77. The predicted molar refractivity (Wildman–Crippen MR) is 309 cm³/mol. The van der Waals surface area contributed by atoms with Crippen LogP contribution in [0.3, 0.4) is 0 Å². The fraction of sp³-hybridized carbons (Fsp3) is 0.300. The van der Waals surface area contributed by atoms with E-state index >= 15 is 0 Å². The zero-order valence-electron chi connectivity index (χ0n) is 42.1. The summed E-state index contributed by atoms with van der Waals surface area (Å²) in [5.74, 6) is 4.72. The van der Waals surface area contributed by atoms with Gasteiger partial charge in [0, 0.05) is 31.6 Å². The molecule has 15 heteroatoms. The summed E-state index contributed by atoms with van der Waals surface area (Å²) >= 11 is 10.3. The van der Waals surface area contributed by atoms with E-state index in [1.165, 1.54) is 0 Å². The fourth-order valence-corrected chi connectivity index (χ4v) is 8.10. The van der Waals surface area contributed by atoms with Crippen LogP contribution in [0.5, 0.6) is 34.5 Å². The van der Waals surface area contributed by atoms with Crippen molar-refractivity contribution in [1.29, 1.82) is 0 Å². The molecule has 0 aliphatic heterocycles. The van der Waals surface area contributed by atoms with Crippen LogP contribution in [0.15, 0.2) is 208 Å². The Morgan fingerprint density at radius 3 is 0.587 bits per heavy atom. The molecule has 0 spiro atoms. The Morgan fingerprint density at radius 1 is 0.213 bits per heavy atom. The van der Waals surface area contributed by atoms with Crippen molar-refractivity contribution >= 4 is 81.9 Å². The van der Waals surface area contributed by atoms with Gasteiger partial charge in [-0.15, -0.1) is 0 Å². The summed E-state index contributed by atoms with van der Waals surface area (Å²) in [6.07, 6.45) is 11.9. The molecule has 390 valence electrons. The van der Waals surface area contributed by atoms with E-state index in [9.17, 15) is 0 Å². The third-order valence-electron chi connectivity index (χ3n) is 11.4. The van der Waals surface area contributed by atoms with Crippen molar-refractivity contribution in [3.05, 3.63) is 177 Å². The highest BCUT2D eigenvalue weighted by Gasteiger charge is 2.07. The molecule has 0 bridgehead atoms. The summed E-state index contributed by atoms with van der Waals surface area (Å²) in [6, 6.07) is 52.1. The van der Waals surface area contributed by atoms with Crippen molar-refractivity contribution in [2.75, 3.05) is 39.6 Å². The summed E-state index contributed by atoms with van der Waals surface area (Å²) < 4.78 is 39.8. The summed E-state index contributed by atoms with van der Waals surface area (Å²) in [4.78, 5) is 0. The van der Waals surface area contributed by atoms with E-state index in [4.69, 9.17) is 28.4 Å². The first-order valence-electron chi connectivity index (χ1n) is 25.6. The fourth-order valence-electron chi connectivity index (χ4n) is 7.31. The second-order valence-corrected chi connectivity index (χ2v) is 20.2. The molecule has 0 unspecified atom stereocenters. The van der Waals surface area contributed by atoms with Gasteiger partial charge in [0.15, 0.2) is 0 Å². The first-order chi connectivity index (χ1) is 36.9. The van der Waals surface area contributed by atoms with Gasteiger partial charge in [-0.25, -0.2) is 0 Å². The van der Waals surface area contributed by atoms with Crippen molar-refractivity contribution in [2.24, 2.45) is 30.7 Å². The molecule has 0 radical (unpaired) electrons. The smallest absolute Gasteiger partial charge is 0.126 e. The molecule has 0 aliphatic rings. The highest BCUT2D eigenvalue weighted by Crippen LogP contribution is 2.30. The Balaban J connectivity index is 0.778. The number of benzene rings is 7. The molecule has 0 fully saturated rings. The highest BCUT2D eigenvalue weighted by molar-refractivity contribution is 9.11. The van der Waals surface area contributed by atoms with Crippen molar-refractivity contribution in [3.8, 4) is 34.5 Å². The van der Waals surface area contributed by atoms with E-state index in [0.717, 1.165) is 159 Å². The van der Waals surface area contributed by atoms with Crippen LogP contribution in [0, 0.1) is 0 Å². The molecular formula is C60H63Br3N6O6. The van der Waals surface area contributed by atoms with Crippen LogP contribution in [0.2, 0.25) is 0 Å². The minimum absolute atomic E-state index is 0.605.